The Hall–Kier alpha value is -2.77. The van der Waals surface area contributed by atoms with E-state index in [9.17, 15) is 9.59 Å². The standard InChI is InChI=1S/C29H40N4O3.C4H8/c1-4-24(15-20(2)21(3)34)29-32-26-16-23(17-31-18-28(35)36-25-7-5-6-8-25)9-10-27(26)33(29)19-22-11-13-30-14-12-22;1-4-2-3-4/h4,9-10,15-16,22,25,30-31H,5-8,11-14,17-19H2,1-3H3;4H,2-3H2,1H3/b20-15-,24-4+;. The highest BCUT2D eigenvalue weighted by atomic mass is 16.5. The highest BCUT2D eigenvalue weighted by molar-refractivity contribution is 5.96. The molecule has 1 aromatic carbocycles. The fourth-order valence-electron chi connectivity index (χ4n) is 5.33. The van der Waals surface area contributed by atoms with Gasteiger partial charge in [-0.15, -0.1) is 0 Å². The van der Waals surface area contributed by atoms with Crippen LogP contribution in [0.5, 0.6) is 0 Å². The number of nitrogens with zero attached hydrogens (tertiary/aromatic N) is 2. The highest BCUT2D eigenvalue weighted by Gasteiger charge is 2.21. The number of esters is 1. The molecule has 2 aliphatic carbocycles. The van der Waals surface area contributed by atoms with Gasteiger partial charge in [-0.05, 0) is 114 Å². The van der Waals surface area contributed by atoms with Gasteiger partial charge in [-0.3, -0.25) is 9.59 Å². The summed E-state index contributed by atoms with van der Waals surface area (Å²) >= 11 is 0. The number of nitrogens with one attached hydrogen (secondary N) is 2. The summed E-state index contributed by atoms with van der Waals surface area (Å²) in [5.41, 5.74) is 4.79. The Labute approximate surface area is 239 Å². The molecule has 218 valence electrons. The zero-order chi connectivity index (χ0) is 28.5. The first-order chi connectivity index (χ1) is 19.3. The van der Waals surface area contributed by atoms with E-state index in [1.54, 1.807) is 6.92 Å². The normalized spacial score (nSPS) is 19.0. The Morgan fingerprint density at radius 2 is 1.80 bits per heavy atom. The van der Waals surface area contributed by atoms with Crippen LogP contribution in [0.15, 0.2) is 35.9 Å². The summed E-state index contributed by atoms with van der Waals surface area (Å²) in [7, 11) is 0. The molecule has 40 heavy (non-hydrogen) atoms. The monoisotopic (exact) mass is 548 g/mol. The van der Waals surface area contributed by atoms with Crippen molar-refractivity contribution in [3.63, 3.8) is 0 Å². The summed E-state index contributed by atoms with van der Waals surface area (Å²) in [5.74, 6) is 2.46. The Balaban J connectivity index is 0.000000848. The SMILES string of the molecule is C/C=C(\C=C(\C)C(C)=O)c1nc2cc(CNCC(=O)OC3CCCC3)ccc2n1CC1CCNCC1.CC1CC1. The molecular weight excluding hydrogens is 500 g/mol. The van der Waals surface area contributed by atoms with Gasteiger partial charge >= 0.3 is 5.97 Å². The number of Topliss-reactive ketones (excluding diaryl/α,β-unsaturated/α-hetero) is 1. The number of fused-ring (bicyclic) bond motifs is 1. The maximum Gasteiger partial charge on any atom is 0.320 e. The molecule has 7 nitrogen and oxygen atoms in total. The lowest BCUT2D eigenvalue weighted by Gasteiger charge is -2.24. The van der Waals surface area contributed by atoms with Crippen LogP contribution in [0.3, 0.4) is 0 Å². The molecule has 3 fully saturated rings. The van der Waals surface area contributed by atoms with Crippen LogP contribution in [0.2, 0.25) is 0 Å². The van der Waals surface area contributed by atoms with Gasteiger partial charge in [-0.1, -0.05) is 31.9 Å². The quantitative estimate of drug-likeness (QED) is 0.216. The molecule has 2 aromatic rings. The Morgan fingerprint density at radius 1 is 1.10 bits per heavy atom. The van der Waals surface area contributed by atoms with E-state index in [1.807, 2.05) is 26.0 Å². The van der Waals surface area contributed by atoms with E-state index in [0.29, 0.717) is 12.5 Å². The fourth-order valence-corrected chi connectivity index (χ4v) is 5.33. The predicted molar refractivity (Wildman–Crippen MR) is 162 cm³/mol. The third-order valence-electron chi connectivity index (χ3n) is 8.27. The zero-order valence-electron chi connectivity index (χ0n) is 24.9. The van der Waals surface area contributed by atoms with Gasteiger partial charge in [0.1, 0.15) is 11.9 Å². The van der Waals surface area contributed by atoms with Crippen molar-refractivity contribution in [3.05, 3.63) is 47.3 Å². The average Bonchev–Trinajstić information content (AvgIpc) is 3.41. The smallest absolute Gasteiger partial charge is 0.320 e. The Kier molecular flexibility index (Phi) is 11.1. The number of hydrogen-bond donors (Lipinski definition) is 2. The molecule has 0 radical (unpaired) electrons. The molecule has 0 amide bonds. The second-order valence-electron chi connectivity index (χ2n) is 11.9. The predicted octanol–water partition coefficient (Wildman–Crippen LogP) is 5.97. The second-order valence-corrected chi connectivity index (χ2v) is 11.9. The van der Waals surface area contributed by atoms with Crippen LogP contribution in [0, 0.1) is 11.8 Å². The van der Waals surface area contributed by atoms with E-state index in [0.717, 1.165) is 97.6 Å². The second kappa shape index (κ2) is 14.7. The molecule has 2 saturated carbocycles. The highest BCUT2D eigenvalue weighted by Crippen LogP contribution is 2.28. The average molecular weight is 549 g/mol. The minimum atomic E-state index is -0.179. The summed E-state index contributed by atoms with van der Waals surface area (Å²) in [6.45, 7) is 11.5. The Bertz CT molecular complexity index is 1210. The third-order valence-corrected chi connectivity index (χ3v) is 8.27. The number of allylic oxidation sites excluding steroid dienone is 4. The molecule has 2 N–H and O–H groups in total. The number of ether oxygens (including phenoxy) is 1. The number of carbonyl (C=O) groups excluding carboxylic acids is 2. The number of aromatic nitrogens is 2. The van der Waals surface area contributed by atoms with Crippen LogP contribution in [-0.4, -0.2) is 47.0 Å². The third kappa shape index (κ3) is 8.87. The van der Waals surface area contributed by atoms with E-state index in [-0.39, 0.29) is 24.4 Å². The van der Waals surface area contributed by atoms with Gasteiger partial charge < -0.3 is 19.9 Å². The van der Waals surface area contributed by atoms with Gasteiger partial charge in [0.05, 0.1) is 17.6 Å². The van der Waals surface area contributed by atoms with Gasteiger partial charge in [0.2, 0.25) is 0 Å². The van der Waals surface area contributed by atoms with Crippen LogP contribution in [0.25, 0.3) is 16.6 Å². The zero-order valence-corrected chi connectivity index (χ0v) is 24.9. The van der Waals surface area contributed by atoms with Crippen molar-refractivity contribution in [1.29, 1.82) is 0 Å². The van der Waals surface area contributed by atoms with Crippen molar-refractivity contribution in [2.75, 3.05) is 19.6 Å². The molecule has 0 atom stereocenters. The lowest BCUT2D eigenvalue weighted by atomic mass is 9.98. The van der Waals surface area contributed by atoms with E-state index in [1.165, 1.54) is 12.8 Å². The Morgan fingerprint density at radius 3 is 2.42 bits per heavy atom. The van der Waals surface area contributed by atoms with Crippen LogP contribution in [0.4, 0.5) is 0 Å². The molecule has 1 saturated heterocycles. The van der Waals surface area contributed by atoms with Crippen LogP contribution in [-0.2, 0) is 27.4 Å². The summed E-state index contributed by atoms with van der Waals surface area (Å²) in [6.07, 6.45) is 13.6. The maximum absolute atomic E-state index is 12.1. The van der Waals surface area contributed by atoms with Gasteiger partial charge in [0.25, 0.3) is 0 Å². The first kappa shape index (κ1) is 30.2. The largest absolute Gasteiger partial charge is 0.461 e. The number of hydrogen-bond acceptors (Lipinski definition) is 6. The van der Waals surface area contributed by atoms with Gasteiger partial charge in [0.15, 0.2) is 5.78 Å². The van der Waals surface area contributed by atoms with Crippen molar-refractivity contribution in [2.24, 2.45) is 11.8 Å². The number of imidazole rings is 1. The number of piperidine rings is 1. The first-order valence-electron chi connectivity index (χ1n) is 15.3. The van der Waals surface area contributed by atoms with Crippen molar-refractivity contribution < 1.29 is 14.3 Å². The van der Waals surface area contributed by atoms with Gasteiger partial charge in [-0.2, -0.15) is 0 Å². The number of benzene rings is 1. The number of carbonyl (C=O) groups is 2. The van der Waals surface area contributed by atoms with Gasteiger partial charge in [0, 0.05) is 18.7 Å². The van der Waals surface area contributed by atoms with Crippen molar-refractivity contribution in [3.8, 4) is 0 Å². The van der Waals surface area contributed by atoms with E-state index in [4.69, 9.17) is 9.72 Å². The molecule has 1 aromatic heterocycles. The van der Waals surface area contributed by atoms with E-state index in [2.05, 4.69) is 40.3 Å². The molecule has 0 spiro atoms. The minimum Gasteiger partial charge on any atom is -0.461 e. The lowest BCUT2D eigenvalue weighted by molar-refractivity contribution is -0.147. The lowest BCUT2D eigenvalue weighted by Crippen LogP contribution is -2.30. The first-order valence-corrected chi connectivity index (χ1v) is 15.3. The summed E-state index contributed by atoms with van der Waals surface area (Å²) in [6, 6.07) is 6.34. The van der Waals surface area contributed by atoms with Crippen molar-refractivity contribution >= 4 is 28.4 Å². The van der Waals surface area contributed by atoms with E-state index < -0.39 is 0 Å². The van der Waals surface area contributed by atoms with Crippen molar-refractivity contribution in [1.82, 2.24) is 20.2 Å². The summed E-state index contributed by atoms with van der Waals surface area (Å²) in [5, 5.41) is 6.68. The summed E-state index contributed by atoms with van der Waals surface area (Å²) < 4.78 is 7.86. The molecule has 7 heteroatoms. The maximum atomic E-state index is 12.1. The molecule has 0 bridgehead atoms. The molecule has 5 rings (SSSR count). The molecule has 2 heterocycles. The van der Waals surface area contributed by atoms with Crippen LogP contribution >= 0.6 is 0 Å². The minimum absolute atomic E-state index is 0.0650. The fraction of sp³-hybridized carbons (Fsp3) is 0.606. The van der Waals surface area contributed by atoms with Crippen LogP contribution < -0.4 is 10.6 Å². The molecular formula is C33H48N4O3. The van der Waals surface area contributed by atoms with E-state index >= 15 is 0 Å². The number of rotatable bonds is 10. The molecule has 3 aliphatic rings. The van der Waals surface area contributed by atoms with Crippen molar-refractivity contribution in [2.45, 2.75) is 98.3 Å². The van der Waals surface area contributed by atoms with Crippen LogP contribution in [0.1, 0.15) is 90.4 Å². The summed E-state index contributed by atoms with van der Waals surface area (Å²) in [4.78, 5) is 29.1. The molecule has 1 aliphatic heterocycles. The topological polar surface area (TPSA) is 85.2 Å². The molecule has 0 unspecified atom stereocenters. The van der Waals surface area contributed by atoms with Gasteiger partial charge in [-0.25, -0.2) is 4.98 Å². The number of ketones is 1.